The highest BCUT2D eigenvalue weighted by Crippen LogP contribution is 2.13. The quantitative estimate of drug-likeness (QED) is 0.776. The van der Waals surface area contributed by atoms with Gasteiger partial charge in [0.25, 0.3) is 0 Å². The Labute approximate surface area is 133 Å². The van der Waals surface area contributed by atoms with Crippen molar-refractivity contribution in [2.75, 3.05) is 45.8 Å². The summed E-state index contributed by atoms with van der Waals surface area (Å²) in [5, 5.41) is 0. The monoisotopic (exact) mass is 311 g/mol. The average molecular weight is 311 g/mol. The number of likely N-dealkylation sites (tertiary alicyclic amines) is 1. The zero-order chi connectivity index (χ0) is 16.2. The number of nitrogens with zero attached hydrogens (tertiary/aromatic N) is 3. The van der Waals surface area contributed by atoms with E-state index in [0.29, 0.717) is 19.6 Å². The molecule has 6 nitrogen and oxygen atoms in total. The Morgan fingerprint density at radius 3 is 2.00 bits per heavy atom. The molecule has 0 N–H and O–H groups in total. The molecule has 2 amide bonds. The van der Waals surface area contributed by atoms with Gasteiger partial charge in [0, 0.05) is 39.3 Å². The van der Waals surface area contributed by atoms with Gasteiger partial charge in [0.2, 0.25) is 5.91 Å². The lowest BCUT2D eigenvalue weighted by Gasteiger charge is -2.36. The van der Waals surface area contributed by atoms with Gasteiger partial charge in [-0.25, -0.2) is 4.79 Å². The van der Waals surface area contributed by atoms with E-state index < -0.39 is 5.60 Å². The predicted octanol–water partition coefficient (Wildman–Crippen LogP) is 1.55. The molecule has 0 aliphatic carbocycles. The summed E-state index contributed by atoms with van der Waals surface area (Å²) in [6.45, 7) is 10.6. The molecule has 0 unspecified atom stereocenters. The predicted molar refractivity (Wildman–Crippen MR) is 84.7 cm³/mol. The lowest BCUT2D eigenvalue weighted by Crippen LogP contribution is -2.52. The van der Waals surface area contributed by atoms with E-state index in [0.717, 1.165) is 39.0 Å². The van der Waals surface area contributed by atoms with Crippen LogP contribution in [0.1, 0.15) is 40.0 Å². The molecule has 2 fully saturated rings. The van der Waals surface area contributed by atoms with Gasteiger partial charge in [-0.3, -0.25) is 9.69 Å². The number of piperidine rings is 1. The molecule has 0 spiro atoms. The molecule has 0 aromatic rings. The zero-order valence-corrected chi connectivity index (χ0v) is 14.1. The molecule has 0 bridgehead atoms. The summed E-state index contributed by atoms with van der Waals surface area (Å²) in [6, 6.07) is 0. The minimum atomic E-state index is -0.460. The summed E-state index contributed by atoms with van der Waals surface area (Å²) < 4.78 is 5.38. The first kappa shape index (κ1) is 17.1. The molecule has 126 valence electrons. The van der Waals surface area contributed by atoms with E-state index in [1.54, 1.807) is 4.90 Å². The zero-order valence-electron chi connectivity index (χ0n) is 14.1. The minimum absolute atomic E-state index is 0.227. The van der Waals surface area contributed by atoms with Crippen LogP contribution in [0.15, 0.2) is 0 Å². The first-order valence-electron chi connectivity index (χ1n) is 8.33. The van der Waals surface area contributed by atoms with E-state index in [-0.39, 0.29) is 12.0 Å². The highest BCUT2D eigenvalue weighted by Gasteiger charge is 2.27. The van der Waals surface area contributed by atoms with E-state index >= 15 is 0 Å². The van der Waals surface area contributed by atoms with Gasteiger partial charge in [-0.1, -0.05) is 0 Å². The smallest absolute Gasteiger partial charge is 0.410 e. The van der Waals surface area contributed by atoms with Crippen LogP contribution in [0.2, 0.25) is 0 Å². The Hall–Kier alpha value is -1.30. The number of amides is 2. The van der Waals surface area contributed by atoms with E-state index in [2.05, 4.69) is 4.90 Å². The van der Waals surface area contributed by atoms with Crippen molar-refractivity contribution in [3.8, 4) is 0 Å². The molecule has 22 heavy (non-hydrogen) atoms. The second-order valence-electron chi connectivity index (χ2n) is 7.18. The van der Waals surface area contributed by atoms with Gasteiger partial charge < -0.3 is 14.5 Å². The summed E-state index contributed by atoms with van der Waals surface area (Å²) >= 11 is 0. The number of hydrogen-bond donors (Lipinski definition) is 0. The van der Waals surface area contributed by atoms with Gasteiger partial charge in [-0.05, 0) is 40.0 Å². The Kier molecular flexibility index (Phi) is 5.67. The average Bonchev–Trinajstić information content (AvgIpc) is 2.47. The van der Waals surface area contributed by atoms with Crippen LogP contribution < -0.4 is 0 Å². The first-order chi connectivity index (χ1) is 10.3. The third-order valence-electron chi connectivity index (χ3n) is 4.09. The fourth-order valence-corrected chi connectivity index (χ4v) is 2.85. The van der Waals surface area contributed by atoms with Gasteiger partial charge in [-0.15, -0.1) is 0 Å². The summed E-state index contributed by atoms with van der Waals surface area (Å²) in [5.74, 6) is 0.227. The van der Waals surface area contributed by atoms with Gasteiger partial charge in [0.1, 0.15) is 5.60 Å². The van der Waals surface area contributed by atoms with Crippen LogP contribution in [0.5, 0.6) is 0 Å². The van der Waals surface area contributed by atoms with Crippen molar-refractivity contribution in [1.82, 2.24) is 14.7 Å². The lowest BCUT2D eigenvalue weighted by molar-refractivity contribution is -0.133. The van der Waals surface area contributed by atoms with Crippen LogP contribution >= 0.6 is 0 Å². The van der Waals surface area contributed by atoms with Crippen molar-refractivity contribution in [3.05, 3.63) is 0 Å². The molecule has 2 saturated heterocycles. The molecule has 0 aromatic heterocycles. The topological polar surface area (TPSA) is 53.1 Å². The van der Waals surface area contributed by atoms with Gasteiger partial charge in [0.15, 0.2) is 0 Å². The van der Waals surface area contributed by atoms with Gasteiger partial charge in [0.05, 0.1) is 6.54 Å². The van der Waals surface area contributed by atoms with Crippen molar-refractivity contribution >= 4 is 12.0 Å². The summed E-state index contributed by atoms with van der Waals surface area (Å²) in [6.07, 6.45) is 3.23. The standard InChI is InChI=1S/C16H29N3O3/c1-16(2,3)22-15(21)19-11-9-17(10-12-19)13-14(20)18-7-5-4-6-8-18/h4-13H2,1-3H3. The maximum absolute atomic E-state index is 12.2. The van der Waals surface area contributed by atoms with Crippen LogP contribution in [0.25, 0.3) is 0 Å². The van der Waals surface area contributed by atoms with E-state index in [1.165, 1.54) is 6.42 Å². The Balaban J connectivity index is 1.72. The van der Waals surface area contributed by atoms with Crippen molar-refractivity contribution in [2.45, 2.75) is 45.6 Å². The number of rotatable bonds is 2. The molecule has 0 atom stereocenters. The van der Waals surface area contributed by atoms with Gasteiger partial charge in [-0.2, -0.15) is 0 Å². The van der Waals surface area contributed by atoms with E-state index in [4.69, 9.17) is 4.74 Å². The number of carbonyl (C=O) groups excluding carboxylic acids is 2. The van der Waals surface area contributed by atoms with Crippen molar-refractivity contribution in [3.63, 3.8) is 0 Å². The second kappa shape index (κ2) is 7.31. The van der Waals surface area contributed by atoms with Crippen molar-refractivity contribution in [1.29, 1.82) is 0 Å². The van der Waals surface area contributed by atoms with Crippen molar-refractivity contribution in [2.24, 2.45) is 0 Å². The summed E-state index contributed by atoms with van der Waals surface area (Å²) in [4.78, 5) is 30.1. The normalized spacial score (nSPS) is 20.9. The van der Waals surface area contributed by atoms with Crippen LogP contribution in [-0.2, 0) is 9.53 Å². The number of carbonyl (C=O) groups is 2. The Morgan fingerprint density at radius 2 is 1.45 bits per heavy atom. The molecular formula is C16H29N3O3. The number of ether oxygens (including phenoxy) is 1. The number of hydrogen-bond acceptors (Lipinski definition) is 4. The fraction of sp³-hybridized carbons (Fsp3) is 0.875. The largest absolute Gasteiger partial charge is 0.444 e. The number of piperazine rings is 1. The highest BCUT2D eigenvalue weighted by atomic mass is 16.6. The van der Waals surface area contributed by atoms with E-state index in [1.807, 2.05) is 25.7 Å². The maximum atomic E-state index is 12.2. The van der Waals surface area contributed by atoms with Gasteiger partial charge >= 0.3 is 6.09 Å². The van der Waals surface area contributed by atoms with E-state index in [9.17, 15) is 9.59 Å². The molecule has 2 rings (SSSR count). The van der Waals surface area contributed by atoms with Crippen LogP contribution in [0.4, 0.5) is 4.79 Å². The minimum Gasteiger partial charge on any atom is -0.444 e. The van der Waals surface area contributed by atoms with Crippen LogP contribution in [-0.4, -0.2) is 78.1 Å². The summed E-state index contributed by atoms with van der Waals surface area (Å²) in [5.41, 5.74) is -0.460. The lowest BCUT2D eigenvalue weighted by atomic mass is 10.1. The Morgan fingerprint density at radius 1 is 0.864 bits per heavy atom. The third kappa shape index (κ3) is 5.16. The Bertz CT molecular complexity index is 392. The second-order valence-corrected chi connectivity index (χ2v) is 7.18. The highest BCUT2D eigenvalue weighted by molar-refractivity contribution is 5.78. The molecule has 0 radical (unpaired) electrons. The maximum Gasteiger partial charge on any atom is 0.410 e. The molecule has 0 saturated carbocycles. The first-order valence-corrected chi connectivity index (χ1v) is 8.33. The molecule has 2 aliphatic heterocycles. The molecule has 6 heteroatoms. The van der Waals surface area contributed by atoms with Crippen molar-refractivity contribution < 1.29 is 14.3 Å². The SMILES string of the molecule is CC(C)(C)OC(=O)N1CCN(CC(=O)N2CCCCC2)CC1. The molecule has 2 heterocycles. The van der Waals surface area contributed by atoms with Crippen LogP contribution in [0, 0.1) is 0 Å². The third-order valence-corrected chi connectivity index (χ3v) is 4.09. The molecule has 0 aromatic carbocycles. The molecular weight excluding hydrogens is 282 g/mol. The fourth-order valence-electron chi connectivity index (χ4n) is 2.85. The molecule has 2 aliphatic rings. The summed E-state index contributed by atoms with van der Waals surface area (Å²) in [7, 11) is 0. The van der Waals surface area contributed by atoms with Crippen LogP contribution in [0.3, 0.4) is 0 Å².